The van der Waals surface area contributed by atoms with Gasteiger partial charge >= 0.3 is 0 Å². The predicted molar refractivity (Wildman–Crippen MR) is 105 cm³/mol. The number of anilines is 1. The van der Waals surface area contributed by atoms with Gasteiger partial charge in [-0.05, 0) is 36.8 Å². The number of carbonyl (C=O) groups excluding carboxylic acids is 1. The number of hydrogen-bond donors (Lipinski definition) is 0. The molecule has 1 aliphatic heterocycles. The van der Waals surface area contributed by atoms with Gasteiger partial charge in [-0.3, -0.25) is 19.2 Å². The first-order valence-corrected chi connectivity index (χ1v) is 9.57. The van der Waals surface area contributed by atoms with Crippen LogP contribution in [0.5, 0.6) is 0 Å². The highest BCUT2D eigenvalue weighted by Crippen LogP contribution is 2.41. The van der Waals surface area contributed by atoms with Crippen molar-refractivity contribution >= 4 is 23.4 Å². The molecule has 2 aromatic carbocycles. The summed E-state index contributed by atoms with van der Waals surface area (Å²) < 4.78 is 16.6. The van der Waals surface area contributed by atoms with Gasteiger partial charge in [-0.1, -0.05) is 30.3 Å². The van der Waals surface area contributed by atoms with Crippen LogP contribution in [0.2, 0.25) is 0 Å². The third-order valence-corrected chi connectivity index (χ3v) is 6.00. The van der Waals surface area contributed by atoms with Gasteiger partial charge in [0.1, 0.15) is 16.9 Å². The summed E-state index contributed by atoms with van der Waals surface area (Å²) in [6.45, 7) is 1.83. The molecule has 2 heterocycles. The second-order valence-electron chi connectivity index (χ2n) is 6.39. The summed E-state index contributed by atoms with van der Waals surface area (Å²) in [6.07, 6.45) is 0. The molecule has 0 N–H and O–H groups in total. The molecule has 138 valence electrons. The molecule has 1 saturated heterocycles. The fourth-order valence-electron chi connectivity index (χ4n) is 3.37. The molecule has 4 rings (SSSR count). The van der Waals surface area contributed by atoms with Gasteiger partial charge in [0, 0.05) is 7.05 Å². The molecule has 0 aliphatic carbocycles. The van der Waals surface area contributed by atoms with Gasteiger partial charge in [-0.2, -0.15) is 0 Å². The zero-order chi connectivity index (χ0) is 19.1. The van der Waals surface area contributed by atoms with E-state index in [0.29, 0.717) is 11.4 Å². The number of rotatable bonds is 3. The quantitative estimate of drug-likeness (QED) is 0.696. The molecule has 1 unspecified atom stereocenters. The Balaban J connectivity index is 1.86. The normalized spacial score (nSPS) is 16.9. The summed E-state index contributed by atoms with van der Waals surface area (Å²) in [5.74, 6) is -0.177. The van der Waals surface area contributed by atoms with Crippen LogP contribution in [0, 0.1) is 12.7 Å². The van der Waals surface area contributed by atoms with Crippen molar-refractivity contribution in [3.8, 4) is 5.69 Å². The Morgan fingerprint density at radius 3 is 2.37 bits per heavy atom. The van der Waals surface area contributed by atoms with Crippen molar-refractivity contribution in [2.45, 2.75) is 12.3 Å². The van der Waals surface area contributed by atoms with Gasteiger partial charge < -0.3 is 0 Å². The second-order valence-corrected chi connectivity index (χ2v) is 7.46. The fourth-order valence-corrected chi connectivity index (χ4v) is 4.53. The van der Waals surface area contributed by atoms with Crippen LogP contribution in [-0.2, 0) is 11.8 Å². The van der Waals surface area contributed by atoms with E-state index in [2.05, 4.69) is 0 Å². The van der Waals surface area contributed by atoms with Crippen molar-refractivity contribution in [1.29, 1.82) is 0 Å². The van der Waals surface area contributed by atoms with Gasteiger partial charge in [-0.25, -0.2) is 9.07 Å². The Morgan fingerprint density at radius 2 is 1.70 bits per heavy atom. The number of para-hydroxylation sites is 1. The second kappa shape index (κ2) is 6.74. The Morgan fingerprint density at radius 1 is 1.04 bits per heavy atom. The summed E-state index contributed by atoms with van der Waals surface area (Å²) in [7, 11) is 1.80. The van der Waals surface area contributed by atoms with E-state index in [0.717, 1.165) is 11.3 Å². The maximum Gasteiger partial charge on any atom is 0.295 e. The number of aromatic nitrogens is 2. The molecular weight excluding hydrogens is 365 g/mol. The molecule has 27 heavy (non-hydrogen) atoms. The van der Waals surface area contributed by atoms with Crippen molar-refractivity contribution in [3.05, 3.63) is 82.0 Å². The lowest BCUT2D eigenvalue weighted by Gasteiger charge is -2.23. The van der Waals surface area contributed by atoms with Crippen LogP contribution in [0.3, 0.4) is 0 Å². The zero-order valence-corrected chi connectivity index (χ0v) is 15.7. The van der Waals surface area contributed by atoms with Gasteiger partial charge in [0.05, 0.1) is 17.1 Å². The number of nitrogens with zero attached hydrogens (tertiary/aromatic N) is 3. The van der Waals surface area contributed by atoms with E-state index in [1.54, 1.807) is 33.4 Å². The number of thioether (sulfide) groups is 1. The van der Waals surface area contributed by atoms with Crippen LogP contribution in [-0.4, -0.2) is 21.0 Å². The van der Waals surface area contributed by atoms with Crippen LogP contribution in [0.15, 0.2) is 59.4 Å². The van der Waals surface area contributed by atoms with Gasteiger partial charge in [0.15, 0.2) is 0 Å². The molecule has 0 spiro atoms. The van der Waals surface area contributed by atoms with E-state index in [1.807, 2.05) is 37.3 Å². The summed E-state index contributed by atoms with van der Waals surface area (Å²) >= 11 is 1.44. The molecule has 0 saturated carbocycles. The molecule has 0 radical (unpaired) electrons. The first-order valence-electron chi connectivity index (χ1n) is 8.52. The van der Waals surface area contributed by atoms with E-state index in [-0.39, 0.29) is 28.4 Å². The summed E-state index contributed by atoms with van der Waals surface area (Å²) in [5.41, 5.74) is 2.35. The maximum absolute atomic E-state index is 13.3. The van der Waals surface area contributed by atoms with Crippen molar-refractivity contribution in [3.63, 3.8) is 0 Å². The zero-order valence-electron chi connectivity index (χ0n) is 14.9. The standard InChI is InChI=1S/C20H18FN3O2S/c1-13-18(19(26)24(22(13)2)16-6-4-3-5-7-16)23-17(25)12-27-20(23)14-8-10-15(21)11-9-14/h3-11,20H,12H2,1-2H3. The smallest absolute Gasteiger partial charge is 0.288 e. The lowest BCUT2D eigenvalue weighted by molar-refractivity contribution is -0.115. The van der Waals surface area contributed by atoms with E-state index in [1.165, 1.54) is 23.9 Å². The van der Waals surface area contributed by atoms with Crippen molar-refractivity contribution in [1.82, 2.24) is 9.36 Å². The first-order chi connectivity index (χ1) is 13.0. The Bertz CT molecular complexity index is 1060. The van der Waals surface area contributed by atoms with Crippen molar-refractivity contribution in [2.75, 3.05) is 10.7 Å². The average molecular weight is 383 g/mol. The SMILES string of the molecule is Cc1c(N2C(=O)CSC2c2ccc(F)cc2)c(=O)n(-c2ccccc2)n1C. The van der Waals surface area contributed by atoms with Gasteiger partial charge in [0.2, 0.25) is 5.91 Å². The minimum atomic E-state index is -0.351. The number of benzene rings is 2. The minimum Gasteiger partial charge on any atom is -0.288 e. The van der Waals surface area contributed by atoms with Crippen LogP contribution in [0.25, 0.3) is 5.69 Å². The van der Waals surface area contributed by atoms with Crippen LogP contribution >= 0.6 is 11.8 Å². The Hall–Kier alpha value is -2.80. The molecular formula is C20H18FN3O2S. The highest BCUT2D eigenvalue weighted by Gasteiger charge is 2.38. The molecule has 0 bridgehead atoms. The van der Waals surface area contributed by atoms with Gasteiger partial charge in [0.25, 0.3) is 5.56 Å². The maximum atomic E-state index is 13.3. The largest absolute Gasteiger partial charge is 0.295 e. The Kier molecular flexibility index (Phi) is 4.39. The molecule has 1 fully saturated rings. The number of carbonyl (C=O) groups is 1. The number of amides is 1. The molecule has 3 aromatic rings. The highest BCUT2D eigenvalue weighted by atomic mass is 32.2. The number of halogens is 1. The molecule has 7 heteroatoms. The first kappa shape index (κ1) is 17.6. The van der Waals surface area contributed by atoms with E-state index in [4.69, 9.17) is 0 Å². The monoisotopic (exact) mass is 383 g/mol. The lowest BCUT2D eigenvalue weighted by Crippen LogP contribution is -2.33. The lowest BCUT2D eigenvalue weighted by atomic mass is 10.2. The minimum absolute atomic E-state index is 0.125. The Labute approximate surface area is 160 Å². The van der Waals surface area contributed by atoms with Crippen molar-refractivity contribution in [2.24, 2.45) is 7.05 Å². The summed E-state index contributed by atoms with van der Waals surface area (Å²) in [6, 6.07) is 15.4. The summed E-state index contributed by atoms with van der Waals surface area (Å²) in [5, 5.41) is -0.351. The number of hydrogen-bond acceptors (Lipinski definition) is 3. The van der Waals surface area contributed by atoms with Gasteiger partial charge in [-0.15, -0.1) is 11.8 Å². The highest BCUT2D eigenvalue weighted by molar-refractivity contribution is 8.00. The predicted octanol–water partition coefficient (Wildman–Crippen LogP) is 3.40. The molecule has 1 amide bonds. The average Bonchev–Trinajstić information content (AvgIpc) is 3.14. The molecule has 1 atom stereocenters. The van der Waals surface area contributed by atoms with Crippen LogP contribution in [0.4, 0.5) is 10.1 Å². The molecule has 1 aromatic heterocycles. The third-order valence-electron chi connectivity index (χ3n) is 4.79. The fraction of sp³-hybridized carbons (Fsp3) is 0.200. The molecule has 1 aliphatic rings. The summed E-state index contributed by atoms with van der Waals surface area (Å²) in [4.78, 5) is 27.5. The third kappa shape index (κ3) is 2.88. The van der Waals surface area contributed by atoms with E-state index < -0.39 is 0 Å². The molecule has 5 nitrogen and oxygen atoms in total. The van der Waals surface area contributed by atoms with E-state index >= 15 is 0 Å². The van der Waals surface area contributed by atoms with Crippen LogP contribution in [0.1, 0.15) is 16.6 Å². The van der Waals surface area contributed by atoms with E-state index in [9.17, 15) is 14.0 Å². The van der Waals surface area contributed by atoms with Crippen molar-refractivity contribution < 1.29 is 9.18 Å². The topological polar surface area (TPSA) is 47.2 Å². The van der Waals surface area contributed by atoms with Crippen LogP contribution < -0.4 is 10.5 Å².